The fraction of sp³-hybridized carbons (Fsp3) is 0.368. The van der Waals surface area contributed by atoms with Gasteiger partial charge in [-0.3, -0.25) is 4.79 Å². The summed E-state index contributed by atoms with van der Waals surface area (Å²) < 4.78 is 5.19. The molecule has 5 nitrogen and oxygen atoms in total. The van der Waals surface area contributed by atoms with Crippen molar-refractivity contribution in [3.05, 3.63) is 41.3 Å². The number of quaternary nitrogens is 1. The summed E-state index contributed by atoms with van der Waals surface area (Å²) in [5, 5.41) is 7.28. The summed E-state index contributed by atoms with van der Waals surface area (Å²) in [5.41, 5.74) is 2.13. The summed E-state index contributed by atoms with van der Waals surface area (Å²) >= 11 is 1.35. The van der Waals surface area contributed by atoms with Crippen molar-refractivity contribution in [2.24, 2.45) is 0 Å². The van der Waals surface area contributed by atoms with Crippen LogP contribution in [0.25, 0.3) is 11.1 Å². The van der Waals surface area contributed by atoms with Crippen molar-refractivity contribution in [3.63, 3.8) is 0 Å². The lowest BCUT2D eigenvalue weighted by atomic mass is 10.0. The van der Waals surface area contributed by atoms with Crippen LogP contribution in [-0.2, 0) is 9.53 Å². The van der Waals surface area contributed by atoms with Crippen LogP contribution in [0.2, 0.25) is 0 Å². The van der Waals surface area contributed by atoms with Crippen LogP contribution in [0.15, 0.2) is 35.7 Å². The topological polar surface area (TPSA) is 72.0 Å². The van der Waals surface area contributed by atoms with Gasteiger partial charge in [0.2, 0.25) is 0 Å². The number of rotatable bonds is 8. The Kier molecular flexibility index (Phi) is 7.16. The molecular weight excluding hydrogens is 336 g/mol. The van der Waals surface area contributed by atoms with E-state index >= 15 is 0 Å². The molecule has 3 N–H and O–H groups in total. The van der Waals surface area contributed by atoms with E-state index in [2.05, 4.69) is 19.2 Å². The van der Waals surface area contributed by atoms with Gasteiger partial charge in [0.1, 0.15) is 10.6 Å². The first-order valence-corrected chi connectivity index (χ1v) is 9.41. The zero-order valence-electron chi connectivity index (χ0n) is 14.9. The Morgan fingerprint density at radius 1 is 1.24 bits per heavy atom. The molecule has 1 aromatic carbocycles. The third-order valence-corrected chi connectivity index (χ3v) is 4.85. The first-order valence-electron chi connectivity index (χ1n) is 8.54. The van der Waals surface area contributed by atoms with Gasteiger partial charge >= 0.3 is 5.97 Å². The molecule has 1 atom stereocenters. The number of nitrogens with one attached hydrogen (secondary N) is 1. The van der Waals surface area contributed by atoms with Gasteiger partial charge in [-0.1, -0.05) is 37.3 Å². The molecule has 0 aliphatic rings. The van der Waals surface area contributed by atoms with E-state index in [1.807, 2.05) is 41.0 Å². The average Bonchev–Trinajstić information content (AvgIpc) is 3.04. The highest BCUT2D eigenvalue weighted by Crippen LogP contribution is 2.36. The van der Waals surface area contributed by atoms with Gasteiger partial charge in [-0.05, 0) is 25.8 Å². The molecule has 25 heavy (non-hydrogen) atoms. The van der Waals surface area contributed by atoms with Crippen molar-refractivity contribution in [2.45, 2.75) is 33.2 Å². The second-order valence-electron chi connectivity index (χ2n) is 5.81. The van der Waals surface area contributed by atoms with Gasteiger partial charge in [-0.2, -0.15) is 0 Å². The van der Waals surface area contributed by atoms with Crippen molar-refractivity contribution in [3.8, 4) is 11.1 Å². The summed E-state index contributed by atoms with van der Waals surface area (Å²) in [6, 6.07) is 10.0. The van der Waals surface area contributed by atoms with Crippen LogP contribution in [0, 0.1) is 0 Å². The van der Waals surface area contributed by atoms with Gasteiger partial charge < -0.3 is 15.4 Å². The number of carbonyl (C=O) groups is 2. The number of esters is 1. The lowest BCUT2D eigenvalue weighted by Crippen LogP contribution is -2.90. The summed E-state index contributed by atoms with van der Waals surface area (Å²) in [7, 11) is 0. The summed E-state index contributed by atoms with van der Waals surface area (Å²) in [4.78, 5) is 24.7. The molecular formula is C19H25N2O3S+. The molecule has 2 aromatic rings. The molecule has 6 heteroatoms. The number of hydrogen-bond donors (Lipinski definition) is 2. The first kappa shape index (κ1) is 19.1. The Hall–Kier alpha value is -2.18. The largest absolute Gasteiger partial charge is 0.462 e. The van der Waals surface area contributed by atoms with E-state index in [1.165, 1.54) is 11.3 Å². The highest BCUT2D eigenvalue weighted by atomic mass is 32.1. The first-order chi connectivity index (χ1) is 12.1. The maximum atomic E-state index is 12.4. The fourth-order valence-corrected chi connectivity index (χ4v) is 3.31. The molecule has 0 aliphatic carbocycles. The molecule has 0 spiro atoms. The quantitative estimate of drug-likeness (QED) is 0.710. The minimum atomic E-state index is -0.413. The van der Waals surface area contributed by atoms with Crippen molar-refractivity contribution in [1.29, 1.82) is 0 Å². The highest BCUT2D eigenvalue weighted by Gasteiger charge is 2.23. The number of benzene rings is 1. The number of amides is 1. The predicted molar refractivity (Wildman–Crippen MR) is 101 cm³/mol. The Bertz CT molecular complexity index is 713. The molecule has 0 aliphatic heterocycles. The molecule has 1 heterocycles. The second-order valence-corrected chi connectivity index (χ2v) is 6.69. The van der Waals surface area contributed by atoms with E-state index < -0.39 is 5.97 Å². The van der Waals surface area contributed by atoms with Gasteiger partial charge in [-0.15, -0.1) is 11.3 Å². The molecule has 0 saturated carbocycles. The number of hydrogen-bond acceptors (Lipinski definition) is 4. The van der Waals surface area contributed by atoms with Gasteiger partial charge in [0, 0.05) is 10.9 Å². The Morgan fingerprint density at radius 3 is 2.60 bits per heavy atom. The van der Waals surface area contributed by atoms with Gasteiger partial charge in [0.15, 0.2) is 6.54 Å². The maximum Gasteiger partial charge on any atom is 0.341 e. The van der Waals surface area contributed by atoms with Crippen LogP contribution in [0.1, 0.15) is 37.6 Å². The van der Waals surface area contributed by atoms with E-state index in [4.69, 9.17) is 4.74 Å². The van der Waals surface area contributed by atoms with Crippen LogP contribution in [0.4, 0.5) is 5.00 Å². The van der Waals surface area contributed by atoms with Crippen molar-refractivity contribution in [1.82, 2.24) is 0 Å². The van der Waals surface area contributed by atoms with Crippen LogP contribution < -0.4 is 10.6 Å². The molecule has 0 radical (unpaired) electrons. The fourth-order valence-electron chi connectivity index (χ4n) is 2.34. The minimum absolute atomic E-state index is 0.118. The smallest absolute Gasteiger partial charge is 0.341 e. The van der Waals surface area contributed by atoms with Crippen molar-refractivity contribution >= 4 is 28.2 Å². The van der Waals surface area contributed by atoms with E-state index in [-0.39, 0.29) is 12.5 Å². The van der Waals surface area contributed by atoms with Crippen molar-refractivity contribution in [2.75, 3.05) is 18.5 Å². The lowest BCUT2D eigenvalue weighted by molar-refractivity contribution is -0.675. The maximum absolute atomic E-state index is 12.4. The van der Waals surface area contributed by atoms with Crippen LogP contribution >= 0.6 is 11.3 Å². The normalized spacial score (nSPS) is 11.8. The molecule has 1 unspecified atom stereocenters. The number of nitrogens with two attached hydrogens (primary N) is 1. The summed E-state index contributed by atoms with van der Waals surface area (Å²) in [6.45, 7) is 6.55. The summed E-state index contributed by atoms with van der Waals surface area (Å²) in [5.74, 6) is -0.531. The van der Waals surface area contributed by atoms with Gasteiger partial charge in [0.25, 0.3) is 5.91 Å². The number of ether oxygens (including phenoxy) is 1. The highest BCUT2D eigenvalue weighted by molar-refractivity contribution is 7.15. The molecule has 0 saturated heterocycles. The Morgan fingerprint density at radius 2 is 1.96 bits per heavy atom. The molecule has 2 rings (SSSR count). The van der Waals surface area contributed by atoms with Gasteiger partial charge in [-0.25, -0.2) is 4.79 Å². The third kappa shape index (κ3) is 5.14. The second kappa shape index (κ2) is 9.34. The zero-order chi connectivity index (χ0) is 18.2. The van der Waals surface area contributed by atoms with Crippen molar-refractivity contribution < 1.29 is 19.6 Å². The minimum Gasteiger partial charge on any atom is -0.462 e. The zero-order valence-corrected chi connectivity index (χ0v) is 15.7. The average molecular weight is 361 g/mol. The molecule has 134 valence electrons. The number of thiophene rings is 1. The lowest BCUT2D eigenvalue weighted by Gasteiger charge is -2.10. The van der Waals surface area contributed by atoms with Crippen LogP contribution in [0.3, 0.4) is 0 Å². The predicted octanol–water partition coefficient (Wildman–Crippen LogP) is 2.89. The SMILES string of the molecule is CCOC(=O)c1c(-c2ccccc2)csc1NC(=O)C[NH2+]C(C)CC. The number of carbonyl (C=O) groups excluding carboxylic acids is 2. The molecule has 0 bridgehead atoms. The molecule has 0 fully saturated rings. The van der Waals surface area contributed by atoms with Crippen LogP contribution in [-0.4, -0.2) is 31.1 Å². The monoisotopic (exact) mass is 361 g/mol. The number of anilines is 1. The van der Waals surface area contributed by atoms with Crippen LogP contribution in [0.5, 0.6) is 0 Å². The van der Waals surface area contributed by atoms with Gasteiger partial charge in [0.05, 0.1) is 12.6 Å². The van der Waals surface area contributed by atoms with E-state index in [1.54, 1.807) is 6.92 Å². The molecule has 1 amide bonds. The Balaban J connectivity index is 2.24. The Labute approximate surface area is 152 Å². The molecule has 1 aromatic heterocycles. The van der Waals surface area contributed by atoms with E-state index in [0.717, 1.165) is 17.5 Å². The standard InChI is InChI=1S/C19H24N2O3S/c1-4-13(3)20-11-16(22)21-18-17(19(23)24-5-2)15(12-25-18)14-9-7-6-8-10-14/h6-10,12-13,20H,4-5,11H2,1-3H3,(H,21,22)/p+1. The van der Waals surface area contributed by atoms with E-state index in [9.17, 15) is 9.59 Å². The summed E-state index contributed by atoms with van der Waals surface area (Å²) in [6.07, 6.45) is 0.999. The van der Waals surface area contributed by atoms with E-state index in [0.29, 0.717) is 23.2 Å². The third-order valence-electron chi connectivity index (χ3n) is 3.96.